The van der Waals surface area contributed by atoms with Gasteiger partial charge in [-0.05, 0) is 42.8 Å². The van der Waals surface area contributed by atoms with E-state index >= 15 is 0 Å². The fourth-order valence-electron chi connectivity index (χ4n) is 2.05. The zero-order chi connectivity index (χ0) is 17.5. The fourth-order valence-corrected chi connectivity index (χ4v) is 2.05. The molecule has 0 bridgehead atoms. The number of nitrogens with one attached hydrogen (secondary N) is 2. The molecule has 0 atom stereocenters. The Morgan fingerprint density at radius 2 is 1.62 bits per heavy atom. The van der Waals surface area contributed by atoms with Crippen molar-refractivity contribution in [3.63, 3.8) is 0 Å². The van der Waals surface area contributed by atoms with Crippen molar-refractivity contribution in [1.82, 2.24) is 10.3 Å². The van der Waals surface area contributed by atoms with Gasteiger partial charge in [0.25, 0.3) is 11.8 Å². The normalized spacial score (nSPS) is 10.1. The Labute approximate surface area is 141 Å². The lowest BCUT2D eigenvalue weighted by molar-refractivity contribution is 0.0948. The zero-order valence-corrected chi connectivity index (χ0v) is 14.2. The van der Waals surface area contributed by atoms with Gasteiger partial charge in [0.15, 0.2) is 0 Å². The van der Waals surface area contributed by atoms with E-state index in [2.05, 4.69) is 15.6 Å². The van der Waals surface area contributed by atoms with Crippen LogP contribution in [0.25, 0.3) is 0 Å². The van der Waals surface area contributed by atoms with E-state index in [1.54, 1.807) is 18.2 Å². The van der Waals surface area contributed by atoms with Gasteiger partial charge in [0.1, 0.15) is 11.4 Å². The third-order valence-electron chi connectivity index (χ3n) is 3.39. The Morgan fingerprint density at radius 3 is 2.21 bits per heavy atom. The summed E-state index contributed by atoms with van der Waals surface area (Å²) in [6.07, 6.45) is 0.842. The maximum atomic E-state index is 12.3. The lowest BCUT2D eigenvalue weighted by atomic mass is 10.2. The third-order valence-corrected chi connectivity index (χ3v) is 3.39. The molecule has 1 aromatic carbocycles. The summed E-state index contributed by atoms with van der Waals surface area (Å²) in [4.78, 5) is 30.3. The molecule has 6 heteroatoms. The average molecular weight is 326 g/mol. The number of carbonyl (C=O) groups excluding carboxylic acids is 2. The van der Waals surface area contributed by atoms with Crippen LogP contribution in [-0.4, -0.2) is 37.4 Å². The average Bonchev–Trinajstić information content (AvgIpc) is 2.60. The van der Waals surface area contributed by atoms with Gasteiger partial charge in [-0.15, -0.1) is 0 Å². The number of rotatable bonds is 6. The van der Waals surface area contributed by atoms with Gasteiger partial charge in [-0.1, -0.05) is 13.0 Å². The molecule has 0 aliphatic carbocycles. The minimum absolute atomic E-state index is 0.204. The Balaban J connectivity index is 2.08. The fraction of sp³-hybridized carbons (Fsp3) is 0.278. The first kappa shape index (κ1) is 17.5. The van der Waals surface area contributed by atoms with E-state index in [0.29, 0.717) is 12.2 Å². The first-order valence-corrected chi connectivity index (χ1v) is 7.85. The minimum Gasteiger partial charge on any atom is -0.378 e. The van der Waals surface area contributed by atoms with E-state index in [-0.39, 0.29) is 23.2 Å². The Morgan fingerprint density at radius 1 is 1.00 bits per heavy atom. The highest BCUT2D eigenvalue weighted by atomic mass is 16.2. The summed E-state index contributed by atoms with van der Waals surface area (Å²) >= 11 is 0. The molecule has 0 saturated heterocycles. The third kappa shape index (κ3) is 4.55. The van der Waals surface area contributed by atoms with E-state index in [4.69, 9.17) is 0 Å². The molecule has 2 aromatic rings. The molecule has 1 heterocycles. The standard InChI is InChI=1S/C18H22N4O2/c1-4-12-19-17(23)15-6-5-7-16(21-15)18(24)20-13-8-10-14(11-9-13)22(2)3/h5-11H,4,12H2,1-3H3,(H,19,23)(H,20,24). The van der Waals surface area contributed by atoms with Crippen LogP contribution in [0, 0.1) is 0 Å². The highest BCUT2D eigenvalue weighted by Crippen LogP contribution is 2.16. The second-order valence-electron chi connectivity index (χ2n) is 5.56. The number of anilines is 2. The molecule has 2 N–H and O–H groups in total. The Kier molecular flexibility index (Phi) is 5.89. The molecule has 6 nitrogen and oxygen atoms in total. The molecule has 0 radical (unpaired) electrons. The van der Waals surface area contributed by atoms with Crippen LogP contribution in [0.15, 0.2) is 42.5 Å². The summed E-state index contributed by atoms with van der Waals surface area (Å²) in [5.74, 6) is -0.625. The highest BCUT2D eigenvalue weighted by Gasteiger charge is 2.12. The largest absolute Gasteiger partial charge is 0.378 e. The van der Waals surface area contributed by atoms with Crippen molar-refractivity contribution in [3.05, 3.63) is 53.9 Å². The van der Waals surface area contributed by atoms with Crippen molar-refractivity contribution in [2.75, 3.05) is 30.9 Å². The molecule has 0 aliphatic rings. The van der Waals surface area contributed by atoms with Crippen molar-refractivity contribution in [2.45, 2.75) is 13.3 Å². The van der Waals surface area contributed by atoms with Crippen molar-refractivity contribution >= 4 is 23.2 Å². The molecule has 24 heavy (non-hydrogen) atoms. The summed E-state index contributed by atoms with van der Waals surface area (Å²) in [6, 6.07) is 12.3. The van der Waals surface area contributed by atoms with E-state index in [0.717, 1.165) is 12.1 Å². The van der Waals surface area contributed by atoms with Crippen LogP contribution in [0.3, 0.4) is 0 Å². The molecule has 2 amide bonds. The van der Waals surface area contributed by atoms with Crippen LogP contribution in [0.2, 0.25) is 0 Å². The van der Waals surface area contributed by atoms with Crippen molar-refractivity contribution < 1.29 is 9.59 Å². The van der Waals surface area contributed by atoms with Gasteiger partial charge in [0, 0.05) is 32.0 Å². The summed E-state index contributed by atoms with van der Waals surface area (Å²) in [7, 11) is 3.90. The first-order chi connectivity index (χ1) is 11.5. The van der Waals surface area contributed by atoms with Crippen molar-refractivity contribution in [1.29, 1.82) is 0 Å². The summed E-state index contributed by atoms with van der Waals surface area (Å²) in [5, 5.41) is 5.53. The SMILES string of the molecule is CCCNC(=O)c1cccc(C(=O)Nc2ccc(N(C)C)cc2)n1. The monoisotopic (exact) mass is 326 g/mol. The van der Waals surface area contributed by atoms with Crippen LogP contribution >= 0.6 is 0 Å². The smallest absolute Gasteiger partial charge is 0.274 e. The molecule has 0 fully saturated rings. The molecule has 0 spiro atoms. The first-order valence-electron chi connectivity index (χ1n) is 7.85. The molecule has 0 saturated carbocycles. The van der Waals surface area contributed by atoms with E-state index in [9.17, 15) is 9.59 Å². The van der Waals surface area contributed by atoms with E-state index < -0.39 is 0 Å². The number of pyridine rings is 1. The van der Waals surface area contributed by atoms with Gasteiger partial charge < -0.3 is 15.5 Å². The number of hydrogen-bond acceptors (Lipinski definition) is 4. The quantitative estimate of drug-likeness (QED) is 0.855. The van der Waals surface area contributed by atoms with Gasteiger partial charge >= 0.3 is 0 Å². The van der Waals surface area contributed by atoms with Crippen LogP contribution < -0.4 is 15.5 Å². The summed E-state index contributed by atoms with van der Waals surface area (Å²) < 4.78 is 0. The molecule has 0 unspecified atom stereocenters. The minimum atomic E-state index is -0.349. The van der Waals surface area contributed by atoms with Gasteiger partial charge in [0.2, 0.25) is 0 Å². The summed E-state index contributed by atoms with van der Waals surface area (Å²) in [6.45, 7) is 2.55. The van der Waals surface area contributed by atoms with Crippen molar-refractivity contribution in [2.24, 2.45) is 0 Å². The van der Waals surface area contributed by atoms with Crippen LogP contribution in [0.1, 0.15) is 34.3 Å². The molecule has 1 aromatic heterocycles. The lowest BCUT2D eigenvalue weighted by Crippen LogP contribution is -2.26. The van der Waals surface area contributed by atoms with Gasteiger partial charge in [-0.3, -0.25) is 9.59 Å². The van der Waals surface area contributed by atoms with E-state index in [1.807, 2.05) is 50.2 Å². The number of amides is 2. The lowest BCUT2D eigenvalue weighted by Gasteiger charge is -2.13. The molecule has 2 rings (SSSR count). The highest BCUT2D eigenvalue weighted by molar-refractivity contribution is 6.03. The number of carbonyl (C=O) groups is 2. The van der Waals surface area contributed by atoms with Crippen LogP contribution in [0.4, 0.5) is 11.4 Å². The van der Waals surface area contributed by atoms with Gasteiger partial charge in [0.05, 0.1) is 0 Å². The van der Waals surface area contributed by atoms with Gasteiger partial charge in [-0.25, -0.2) is 4.98 Å². The maximum absolute atomic E-state index is 12.3. The number of aromatic nitrogens is 1. The zero-order valence-electron chi connectivity index (χ0n) is 14.2. The second-order valence-corrected chi connectivity index (χ2v) is 5.56. The Bertz CT molecular complexity index is 711. The molecular formula is C18H22N4O2. The predicted molar refractivity (Wildman–Crippen MR) is 95.6 cm³/mol. The van der Waals surface area contributed by atoms with Gasteiger partial charge in [-0.2, -0.15) is 0 Å². The topological polar surface area (TPSA) is 74.3 Å². The van der Waals surface area contributed by atoms with Crippen molar-refractivity contribution in [3.8, 4) is 0 Å². The second kappa shape index (κ2) is 8.10. The summed E-state index contributed by atoms with van der Waals surface area (Å²) in [5.41, 5.74) is 2.16. The van der Waals surface area contributed by atoms with Crippen LogP contribution in [0.5, 0.6) is 0 Å². The van der Waals surface area contributed by atoms with Crippen LogP contribution in [-0.2, 0) is 0 Å². The number of hydrogen-bond donors (Lipinski definition) is 2. The molecule has 126 valence electrons. The number of benzene rings is 1. The van der Waals surface area contributed by atoms with E-state index in [1.165, 1.54) is 0 Å². The Hall–Kier alpha value is -2.89. The maximum Gasteiger partial charge on any atom is 0.274 e. The predicted octanol–water partition coefficient (Wildman–Crippen LogP) is 2.54. The number of nitrogens with zero attached hydrogens (tertiary/aromatic N) is 2. The molecular weight excluding hydrogens is 304 g/mol. The molecule has 0 aliphatic heterocycles.